The van der Waals surface area contributed by atoms with Gasteiger partial charge in [0.15, 0.2) is 0 Å². The third kappa shape index (κ3) is 1.52. The van der Waals surface area contributed by atoms with Gasteiger partial charge in [-0.05, 0) is 34.4 Å². The summed E-state index contributed by atoms with van der Waals surface area (Å²) in [5.41, 5.74) is 2.87. The highest BCUT2D eigenvalue weighted by Crippen LogP contribution is 2.21. The van der Waals surface area contributed by atoms with Crippen LogP contribution in [0.15, 0.2) is 22.9 Å². The second-order valence-corrected chi connectivity index (χ2v) is 3.40. The summed E-state index contributed by atoms with van der Waals surface area (Å²) >= 11 is 1.76. The highest BCUT2D eigenvalue weighted by Gasteiger charge is 2.05. The molecule has 0 atom stereocenters. The Morgan fingerprint density at radius 1 is 1.45 bits per heavy atom. The molecule has 0 unspecified atom stereocenters. The SMILES string of the molecule is C1=C(c2ccsc2)CC[N]C1. The van der Waals surface area contributed by atoms with Crippen molar-refractivity contribution in [2.24, 2.45) is 0 Å². The van der Waals surface area contributed by atoms with E-state index >= 15 is 0 Å². The van der Waals surface area contributed by atoms with E-state index < -0.39 is 0 Å². The van der Waals surface area contributed by atoms with Gasteiger partial charge in [-0.2, -0.15) is 11.3 Å². The molecule has 1 aliphatic heterocycles. The second kappa shape index (κ2) is 3.20. The van der Waals surface area contributed by atoms with E-state index in [0.29, 0.717) is 0 Å². The number of nitrogens with zero attached hydrogens (tertiary/aromatic N) is 1. The molecular formula is C9H10NS. The van der Waals surface area contributed by atoms with E-state index in [-0.39, 0.29) is 0 Å². The molecule has 2 rings (SSSR count). The first-order chi connectivity index (χ1) is 5.47. The van der Waals surface area contributed by atoms with Gasteiger partial charge in [0.05, 0.1) is 0 Å². The Balaban J connectivity index is 2.22. The van der Waals surface area contributed by atoms with E-state index in [1.807, 2.05) is 0 Å². The molecule has 1 nitrogen and oxygen atoms in total. The summed E-state index contributed by atoms with van der Waals surface area (Å²) in [6.07, 6.45) is 3.35. The van der Waals surface area contributed by atoms with Crippen molar-refractivity contribution in [2.45, 2.75) is 6.42 Å². The van der Waals surface area contributed by atoms with Gasteiger partial charge in [0, 0.05) is 13.1 Å². The molecule has 0 saturated heterocycles. The number of rotatable bonds is 1. The zero-order chi connectivity index (χ0) is 7.52. The first kappa shape index (κ1) is 7.07. The molecule has 0 saturated carbocycles. The van der Waals surface area contributed by atoms with Crippen LogP contribution in [0.4, 0.5) is 0 Å². The van der Waals surface area contributed by atoms with E-state index in [1.54, 1.807) is 11.3 Å². The molecule has 57 valence electrons. The van der Waals surface area contributed by atoms with Crippen LogP contribution in [-0.4, -0.2) is 13.1 Å². The van der Waals surface area contributed by atoms with Crippen molar-refractivity contribution in [1.29, 1.82) is 0 Å². The highest BCUT2D eigenvalue weighted by molar-refractivity contribution is 7.08. The maximum absolute atomic E-state index is 4.26. The maximum atomic E-state index is 4.26. The minimum absolute atomic E-state index is 0.908. The molecule has 1 aromatic heterocycles. The van der Waals surface area contributed by atoms with Crippen molar-refractivity contribution >= 4 is 16.9 Å². The molecule has 11 heavy (non-hydrogen) atoms. The van der Waals surface area contributed by atoms with E-state index in [1.165, 1.54) is 11.1 Å². The van der Waals surface area contributed by atoms with Crippen LogP contribution in [0.1, 0.15) is 12.0 Å². The van der Waals surface area contributed by atoms with Gasteiger partial charge in [0.2, 0.25) is 0 Å². The van der Waals surface area contributed by atoms with Crippen LogP contribution >= 0.6 is 11.3 Å². The van der Waals surface area contributed by atoms with Crippen LogP contribution in [-0.2, 0) is 0 Å². The first-order valence-corrected chi connectivity index (χ1v) is 4.76. The third-order valence-corrected chi connectivity index (χ3v) is 2.58. The Kier molecular flexibility index (Phi) is 2.06. The fraction of sp³-hybridized carbons (Fsp3) is 0.333. The maximum Gasteiger partial charge on any atom is 0.0320 e. The molecule has 0 fully saturated rings. The number of hydrogen-bond donors (Lipinski definition) is 0. The Morgan fingerprint density at radius 3 is 3.09 bits per heavy atom. The summed E-state index contributed by atoms with van der Waals surface area (Å²) in [5, 5.41) is 8.60. The largest absolute Gasteiger partial charge is 0.237 e. The fourth-order valence-electron chi connectivity index (χ4n) is 1.28. The molecule has 0 bridgehead atoms. The van der Waals surface area contributed by atoms with E-state index in [4.69, 9.17) is 0 Å². The predicted molar refractivity (Wildman–Crippen MR) is 48.8 cm³/mol. The van der Waals surface area contributed by atoms with Crippen molar-refractivity contribution < 1.29 is 0 Å². The third-order valence-electron chi connectivity index (χ3n) is 1.90. The summed E-state index contributed by atoms with van der Waals surface area (Å²) < 4.78 is 0. The molecule has 0 aliphatic carbocycles. The molecule has 0 amide bonds. The second-order valence-electron chi connectivity index (χ2n) is 2.62. The Morgan fingerprint density at radius 2 is 2.45 bits per heavy atom. The average Bonchev–Trinajstić information content (AvgIpc) is 2.58. The van der Waals surface area contributed by atoms with E-state index in [9.17, 15) is 0 Å². The normalized spacial score (nSPS) is 18.0. The molecule has 1 aliphatic rings. The monoisotopic (exact) mass is 164 g/mol. The summed E-state index contributed by atoms with van der Waals surface area (Å²) in [6.45, 7) is 1.91. The van der Waals surface area contributed by atoms with Crippen molar-refractivity contribution in [3.05, 3.63) is 28.5 Å². The van der Waals surface area contributed by atoms with E-state index in [0.717, 1.165) is 19.5 Å². The van der Waals surface area contributed by atoms with Crippen LogP contribution in [0, 0.1) is 0 Å². The number of hydrogen-bond acceptors (Lipinski definition) is 1. The fourth-order valence-corrected chi connectivity index (χ4v) is 1.96. The Bertz CT molecular complexity index is 249. The van der Waals surface area contributed by atoms with Gasteiger partial charge in [-0.3, -0.25) is 0 Å². The van der Waals surface area contributed by atoms with Crippen LogP contribution in [0.5, 0.6) is 0 Å². The van der Waals surface area contributed by atoms with Crippen LogP contribution in [0.2, 0.25) is 0 Å². The Hall–Kier alpha value is -0.600. The molecule has 2 heteroatoms. The average molecular weight is 164 g/mol. The highest BCUT2D eigenvalue weighted by atomic mass is 32.1. The lowest BCUT2D eigenvalue weighted by Gasteiger charge is -2.10. The lowest BCUT2D eigenvalue weighted by molar-refractivity contribution is 0.723. The lowest BCUT2D eigenvalue weighted by Crippen LogP contribution is -2.12. The minimum atomic E-state index is 0.908. The smallest absolute Gasteiger partial charge is 0.0320 e. The van der Waals surface area contributed by atoms with Crippen molar-refractivity contribution in [3.63, 3.8) is 0 Å². The van der Waals surface area contributed by atoms with Gasteiger partial charge in [-0.15, -0.1) is 0 Å². The van der Waals surface area contributed by atoms with Gasteiger partial charge < -0.3 is 0 Å². The Labute approximate surface area is 70.8 Å². The topological polar surface area (TPSA) is 14.1 Å². The van der Waals surface area contributed by atoms with Gasteiger partial charge in [-0.25, -0.2) is 5.32 Å². The molecule has 2 heterocycles. The van der Waals surface area contributed by atoms with Crippen molar-refractivity contribution in [1.82, 2.24) is 5.32 Å². The standard InChI is InChI=1S/C9H10NS/c1-4-10-5-2-8(1)9-3-6-11-7-9/h1,3,6-7H,2,4-5H2. The molecule has 0 N–H and O–H groups in total. The zero-order valence-electron chi connectivity index (χ0n) is 6.29. The number of thiophene rings is 1. The van der Waals surface area contributed by atoms with Gasteiger partial charge >= 0.3 is 0 Å². The summed E-state index contributed by atoms with van der Waals surface area (Å²) in [6, 6.07) is 2.18. The first-order valence-electron chi connectivity index (χ1n) is 3.82. The van der Waals surface area contributed by atoms with Crippen LogP contribution in [0.25, 0.3) is 5.57 Å². The molecular weight excluding hydrogens is 154 g/mol. The van der Waals surface area contributed by atoms with Gasteiger partial charge in [-0.1, -0.05) is 6.08 Å². The van der Waals surface area contributed by atoms with Gasteiger partial charge in [0.1, 0.15) is 0 Å². The lowest BCUT2D eigenvalue weighted by atomic mass is 10.0. The quantitative estimate of drug-likeness (QED) is 0.604. The minimum Gasteiger partial charge on any atom is -0.237 e. The summed E-state index contributed by atoms with van der Waals surface area (Å²) in [5.74, 6) is 0. The molecule has 1 radical (unpaired) electrons. The molecule has 0 spiro atoms. The van der Waals surface area contributed by atoms with E-state index in [2.05, 4.69) is 28.2 Å². The van der Waals surface area contributed by atoms with Crippen molar-refractivity contribution in [3.8, 4) is 0 Å². The molecule has 1 aromatic rings. The predicted octanol–water partition coefficient (Wildman–Crippen LogP) is 2.14. The summed E-state index contributed by atoms with van der Waals surface area (Å²) in [4.78, 5) is 0. The van der Waals surface area contributed by atoms with Crippen LogP contribution in [0.3, 0.4) is 0 Å². The van der Waals surface area contributed by atoms with Crippen LogP contribution < -0.4 is 5.32 Å². The zero-order valence-corrected chi connectivity index (χ0v) is 7.10. The van der Waals surface area contributed by atoms with Gasteiger partial charge in [0.25, 0.3) is 0 Å². The summed E-state index contributed by atoms with van der Waals surface area (Å²) in [7, 11) is 0. The molecule has 0 aromatic carbocycles. The van der Waals surface area contributed by atoms with Crippen molar-refractivity contribution in [2.75, 3.05) is 13.1 Å².